The molecule has 0 heterocycles. The average molecular weight is 198 g/mol. The minimum atomic E-state index is -0.412. The van der Waals surface area contributed by atoms with Crippen molar-refractivity contribution < 1.29 is 9.59 Å². The first-order valence-electron chi connectivity index (χ1n) is 4.73. The molecule has 1 aliphatic carbocycles. The molecule has 1 aliphatic rings. The highest BCUT2D eigenvalue weighted by Crippen LogP contribution is 2.23. The highest BCUT2D eigenvalue weighted by atomic mass is 16.2. The van der Waals surface area contributed by atoms with Crippen LogP contribution in [0.4, 0.5) is 0 Å². The Kier molecular flexibility index (Phi) is 2.34. The van der Waals surface area contributed by atoms with Crippen molar-refractivity contribution >= 4 is 17.6 Å². The van der Waals surface area contributed by atoms with Gasteiger partial charge in [0, 0.05) is 11.1 Å². The van der Waals surface area contributed by atoms with Gasteiger partial charge in [-0.3, -0.25) is 9.59 Å². The quantitative estimate of drug-likeness (QED) is 0.540. The summed E-state index contributed by atoms with van der Waals surface area (Å²) in [5.74, 6) is -0.821. The standard InChI is InChI=1S/C13H10O2/c1-2-5-10-8-9-6-3-4-7-11(9)13(15)12(10)14/h2-4,6-8H,1,5H2. The van der Waals surface area contributed by atoms with E-state index in [9.17, 15) is 9.59 Å². The summed E-state index contributed by atoms with van der Waals surface area (Å²) in [7, 11) is 0. The number of ketones is 2. The molecule has 15 heavy (non-hydrogen) atoms. The summed E-state index contributed by atoms with van der Waals surface area (Å²) in [5, 5.41) is 0. The summed E-state index contributed by atoms with van der Waals surface area (Å²) >= 11 is 0. The van der Waals surface area contributed by atoms with Gasteiger partial charge in [-0.2, -0.15) is 0 Å². The summed E-state index contributed by atoms with van der Waals surface area (Å²) in [4.78, 5) is 23.3. The van der Waals surface area contributed by atoms with Gasteiger partial charge in [0.2, 0.25) is 11.6 Å². The maximum Gasteiger partial charge on any atom is 0.233 e. The van der Waals surface area contributed by atoms with E-state index in [1.165, 1.54) is 0 Å². The fourth-order valence-corrected chi connectivity index (χ4v) is 1.66. The second-order valence-corrected chi connectivity index (χ2v) is 3.41. The first-order chi connectivity index (χ1) is 7.24. The molecule has 0 bridgehead atoms. The monoisotopic (exact) mass is 198 g/mol. The summed E-state index contributed by atoms with van der Waals surface area (Å²) in [6.45, 7) is 3.57. The zero-order valence-electron chi connectivity index (χ0n) is 8.19. The third-order valence-corrected chi connectivity index (χ3v) is 2.40. The summed E-state index contributed by atoms with van der Waals surface area (Å²) in [6.07, 6.45) is 3.84. The van der Waals surface area contributed by atoms with Crippen molar-refractivity contribution in [2.75, 3.05) is 0 Å². The van der Waals surface area contributed by atoms with Gasteiger partial charge in [0.05, 0.1) is 0 Å². The van der Waals surface area contributed by atoms with E-state index < -0.39 is 11.6 Å². The molecule has 0 fully saturated rings. The number of carbonyl (C=O) groups is 2. The third kappa shape index (κ3) is 1.54. The van der Waals surface area contributed by atoms with E-state index in [2.05, 4.69) is 6.58 Å². The number of fused-ring (bicyclic) bond motifs is 1. The van der Waals surface area contributed by atoms with Crippen LogP contribution in [-0.2, 0) is 4.79 Å². The van der Waals surface area contributed by atoms with Crippen molar-refractivity contribution in [1.29, 1.82) is 0 Å². The Morgan fingerprint density at radius 1 is 1.13 bits per heavy atom. The summed E-state index contributed by atoms with van der Waals surface area (Å²) in [5.41, 5.74) is 1.84. The van der Waals surface area contributed by atoms with Gasteiger partial charge in [-0.05, 0) is 18.1 Å². The highest BCUT2D eigenvalue weighted by molar-refractivity contribution is 6.51. The zero-order chi connectivity index (χ0) is 10.8. The molecule has 0 aromatic heterocycles. The number of hydrogen-bond donors (Lipinski definition) is 0. The second-order valence-electron chi connectivity index (χ2n) is 3.41. The lowest BCUT2D eigenvalue weighted by Crippen LogP contribution is -2.20. The van der Waals surface area contributed by atoms with Crippen LogP contribution in [0.2, 0.25) is 0 Å². The fraction of sp³-hybridized carbons (Fsp3) is 0.0769. The molecule has 1 aromatic carbocycles. The Balaban J connectivity index is 2.56. The van der Waals surface area contributed by atoms with E-state index in [-0.39, 0.29) is 0 Å². The zero-order valence-corrected chi connectivity index (χ0v) is 8.19. The van der Waals surface area contributed by atoms with Gasteiger partial charge < -0.3 is 0 Å². The molecule has 1 aromatic rings. The van der Waals surface area contributed by atoms with Crippen LogP contribution < -0.4 is 0 Å². The van der Waals surface area contributed by atoms with Crippen LogP contribution in [0.3, 0.4) is 0 Å². The number of rotatable bonds is 2. The van der Waals surface area contributed by atoms with Crippen molar-refractivity contribution in [3.05, 3.63) is 53.6 Å². The average Bonchev–Trinajstić information content (AvgIpc) is 2.26. The van der Waals surface area contributed by atoms with Crippen molar-refractivity contribution in [3.8, 4) is 0 Å². The molecular formula is C13H10O2. The molecule has 2 nitrogen and oxygen atoms in total. The first-order valence-corrected chi connectivity index (χ1v) is 4.73. The van der Waals surface area contributed by atoms with E-state index in [1.807, 2.05) is 12.1 Å². The summed E-state index contributed by atoms with van der Waals surface area (Å²) < 4.78 is 0. The molecule has 0 aliphatic heterocycles. The molecule has 0 spiro atoms. The molecule has 0 radical (unpaired) electrons. The topological polar surface area (TPSA) is 34.1 Å². The number of benzene rings is 1. The largest absolute Gasteiger partial charge is 0.285 e. The van der Waals surface area contributed by atoms with Crippen LogP contribution in [0.25, 0.3) is 6.08 Å². The van der Waals surface area contributed by atoms with Gasteiger partial charge in [-0.1, -0.05) is 30.3 Å². The van der Waals surface area contributed by atoms with Crippen LogP contribution in [-0.4, -0.2) is 11.6 Å². The van der Waals surface area contributed by atoms with Crippen LogP contribution >= 0.6 is 0 Å². The Labute approximate surface area is 87.9 Å². The van der Waals surface area contributed by atoms with Crippen molar-refractivity contribution in [1.82, 2.24) is 0 Å². The molecule has 0 saturated carbocycles. The van der Waals surface area contributed by atoms with E-state index in [4.69, 9.17) is 0 Å². The van der Waals surface area contributed by atoms with E-state index in [0.29, 0.717) is 17.6 Å². The van der Waals surface area contributed by atoms with Crippen LogP contribution in [0.5, 0.6) is 0 Å². The fourth-order valence-electron chi connectivity index (χ4n) is 1.66. The van der Waals surface area contributed by atoms with E-state index >= 15 is 0 Å². The molecule has 2 heteroatoms. The second kappa shape index (κ2) is 3.65. The van der Waals surface area contributed by atoms with Crippen molar-refractivity contribution in [3.63, 3.8) is 0 Å². The van der Waals surface area contributed by atoms with Gasteiger partial charge in [0.15, 0.2) is 0 Å². The molecule has 0 amide bonds. The van der Waals surface area contributed by atoms with Gasteiger partial charge in [0.1, 0.15) is 0 Å². The minimum Gasteiger partial charge on any atom is -0.285 e. The number of Topliss-reactive ketones (excluding diaryl/α,β-unsaturated/α-hetero) is 2. The Morgan fingerprint density at radius 3 is 2.60 bits per heavy atom. The Morgan fingerprint density at radius 2 is 1.87 bits per heavy atom. The SMILES string of the molecule is C=CCC1=Cc2ccccc2C(=O)C1=O. The smallest absolute Gasteiger partial charge is 0.233 e. The number of hydrogen-bond acceptors (Lipinski definition) is 2. The maximum absolute atomic E-state index is 11.7. The van der Waals surface area contributed by atoms with Crippen LogP contribution in [0, 0.1) is 0 Å². The molecule has 0 N–H and O–H groups in total. The lowest BCUT2D eigenvalue weighted by molar-refractivity contribution is -0.111. The van der Waals surface area contributed by atoms with Gasteiger partial charge in [0.25, 0.3) is 0 Å². The van der Waals surface area contributed by atoms with Crippen molar-refractivity contribution in [2.45, 2.75) is 6.42 Å². The minimum absolute atomic E-state index is 0.409. The molecule has 0 saturated heterocycles. The van der Waals surface area contributed by atoms with Crippen LogP contribution in [0.15, 0.2) is 42.5 Å². The number of carbonyl (C=O) groups excluding carboxylic acids is 2. The van der Waals surface area contributed by atoms with Gasteiger partial charge in [-0.25, -0.2) is 0 Å². The summed E-state index contributed by atoms with van der Waals surface area (Å²) in [6, 6.07) is 7.12. The highest BCUT2D eigenvalue weighted by Gasteiger charge is 2.25. The van der Waals surface area contributed by atoms with Crippen molar-refractivity contribution in [2.24, 2.45) is 0 Å². The van der Waals surface area contributed by atoms with Gasteiger partial charge >= 0.3 is 0 Å². The van der Waals surface area contributed by atoms with Crippen LogP contribution in [0.1, 0.15) is 22.3 Å². The predicted molar refractivity (Wildman–Crippen MR) is 58.6 cm³/mol. The first kappa shape index (κ1) is 9.59. The lowest BCUT2D eigenvalue weighted by atomic mass is 9.89. The third-order valence-electron chi connectivity index (χ3n) is 2.40. The van der Waals surface area contributed by atoms with E-state index in [1.54, 1.807) is 24.3 Å². The maximum atomic E-state index is 11.7. The molecule has 0 unspecified atom stereocenters. The molecule has 2 rings (SSSR count). The Hall–Kier alpha value is -1.96. The Bertz CT molecular complexity index is 481. The lowest BCUT2D eigenvalue weighted by Gasteiger charge is -2.12. The molecular weight excluding hydrogens is 188 g/mol. The molecule has 0 atom stereocenters. The van der Waals surface area contributed by atoms with E-state index in [0.717, 1.165) is 5.56 Å². The predicted octanol–water partition coefficient (Wildman–Crippen LogP) is 2.41. The van der Waals surface area contributed by atoms with Gasteiger partial charge in [-0.15, -0.1) is 6.58 Å². The normalized spacial score (nSPS) is 14.5. The number of allylic oxidation sites excluding steroid dienone is 2. The molecule has 74 valence electrons.